The first kappa shape index (κ1) is 25.2. The van der Waals surface area contributed by atoms with E-state index in [1.54, 1.807) is 40.0 Å². The van der Waals surface area contributed by atoms with Crippen LogP contribution in [0.5, 0.6) is 0 Å². The molecule has 1 saturated carbocycles. The molecule has 0 bridgehead atoms. The van der Waals surface area contributed by atoms with Crippen LogP contribution in [0.2, 0.25) is 0 Å². The van der Waals surface area contributed by atoms with Crippen molar-refractivity contribution in [3.63, 3.8) is 0 Å². The first-order valence-electron chi connectivity index (χ1n) is 11.8. The minimum absolute atomic E-state index is 0.235. The van der Waals surface area contributed by atoms with Gasteiger partial charge in [0.1, 0.15) is 11.4 Å². The Morgan fingerprint density at radius 1 is 0.972 bits per heavy atom. The van der Waals surface area contributed by atoms with Gasteiger partial charge in [-0.3, -0.25) is 5.32 Å². The Hall–Kier alpha value is -3.91. The molecule has 8 nitrogen and oxygen atoms in total. The topological polar surface area (TPSA) is 121 Å². The molecule has 4 rings (SSSR count). The molecule has 0 spiro atoms. The van der Waals surface area contributed by atoms with E-state index >= 15 is 0 Å². The zero-order valence-corrected chi connectivity index (χ0v) is 20.8. The molecule has 2 aromatic carbocycles. The molecule has 0 unspecified atom stereocenters. The average molecular weight is 490 g/mol. The lowest BCUT2D eigenvalue weighted by Gasteiger charge is -2.52. The van der Waals surface area contributed by atoms with Crippen molar-refractivity contribution in [1.82, 2.24) is 10.3 Å². The van der Waals surface area contributed by atoms with Crippen LogP contribution >= 0.6 is 0 Å². The molecule has 2 amide bonds. The maximum atomic E-state index is 12.6. The van der Waals surface area contributed by atoms with Crippen LogP contribution in [0.25, 0.3) is 22.3 Å². The van der Waals surface area contributed by atoms with Gasteiger partial charge in [-0.05, 0) is 56.0 Å². The van der Waals surface area contributed by atoms with E-state index in [9.17, 15) is 14.7 Å². The number of aromatic nitrogens is 1. The van der Waals surface area contributed by atoms with Gasteiger partial charge in [-0.1, -0.05) is 54.6 Å². The number of nitrogens with one attached hydrogen (secondary N) is 2. The summed E-state index contributed by atoms with van der Waals surface area (Å²) in [6.45, 7) is 7.17. The van der Waals surface area contributed by atoms with E-state index in [1.165, 1.54) is 0 Å². The standard InChI is InChI=1S/C28H31N3O5/c1-26(2,3)36-25(34)31-28(16-27(4,35)17-28)20-12-10-19(11-13-20)22-15-29-23(30-24(32)33)14-21(22)18-8-6-5-7-9-18/h5-15,35H,16-17H2,1-4H3,(H,29,30)(H,31,34)(H,32,33)/t27-,28-. The Kier molecular flexibility index (Phi) is 6.49. The second-order valence-electron chi connectivity index (χ2n) is 10.5. The maximum Gasteiger partial charge on any atom is 0.410 e. The van der Waals surface area contributed by atoms with Gasteiger partial charge in [0.05, 0.1) is 11.1 Å². The lowest BCUT2D eigenvalue weighted by molar-refractivity contribution is -0.0892. The number of anilines is 1. The van der Waals surface area contributed by atoms with Crippen LogP contribution < -0.4 is 10.6 Å². The fourth-order valence-electron chi connectivity index (χ4n) is 4.80. The van der Waals surface area contributed by atoms with Gasteiger partial charge in [0, 0.05) is 24.6 Å². The highest BCUT2D eigenvalue weighted by Crippen LogP contribution is 2.48. The Morgan fingerprint density at radius 3 is 2.14 bits per heavy atom. The minimum Gasteiger partial charge on any atom is -0.465 e. The molecule has 1 aromatic heterocycles. The number of hydrogen-bond acceptors (Lipinski definition) is 5. The Labute approximate surface area is 210 Å². The highest BCUT2D eigenvalue weighted by atomic mass is 16.6. The van der Waals surface area contributed by atoms with E-state index in [1.807, 2.05) is 54.6 Å². The number of amides is 2. The number of alkyl carbamates (subject to hydrolysis) is 1. The molecule has 1 aliphatic rings. The van der Waals surface area contributed by atoms with Crippen molar-refractivity contribution in [3.8, 4) is 22.3 Å². The number of ether oxygens (including phenoxy) is 1. The van der Waals surface area contributed by atoms with Crippen LogP contribution in [0.1, 0.15) is 46.1 Å². The zero-order chi connectivity index (χ0) is 26.1. The Balaban J connectivity index is 1.68. The predicted octanol–water partition coefficient (Wildman–Crippen LogP) is 5.77. The number of benzene rings is 2. The number of hydrogen-bond donors (Lipinski definition) is 4. The molecule has 188 valence electrons. The highest BCUT2D eigenvalue weighted by molar-refractivity contribution is 5.88. The number of nitrogens with zero attached hydrogens (tertiary/aromatic N) is 1. The number of aliphatic hydroxyl groups is 1. The fourth-order valence-corrected chi connectivity index (χ4v) is 4.80. The molecule has 8 heteroatoms. The smallest absolute Gasteiger partial charge is 0.410 e. The summed E-state index contributed by atoms with van der Waals surface area (Å²) in [5.74, 6) is 0.235. The highest BCUT2D eigenvalue weighted by Gasteiger charge is 2.53. The summed E-state index contributed by atoms with van der Waals surface area (Å²) >= 11 is 0. The molecule has 0 atom stereocenters. The normalized spacial score (nSPS) is 21.2. The minimum atomic E-state index is -1.18. The average Bonchev–Trinajstić information content (AvgIpc) is 2.76. The van der Waals surface area contributed by atoms with E-state index in [-0.39, 0.29) is 5.82 Å². The van der Waals surface area contributed by atoms with Gasteiger partial charge in [-0.2, -0.15) is 0 Å². The van der Waals surface area contributed by atoms with Crippen LogP contribution in [0.3, 0.4) is 0 Å². The van der Waals surface area contributed by atoms with E-state index in [0.29, 0.717) is 12.8 Å². The van der Waals surface area contributed by atoms with Crippen LogP contribution in [0.15, 0.2) is 66.9 Å². The zero-order valence-electron chi connectivity index (χ0n) is 20.8. The van der Waals surface area contributed by atoms with Crippen molar-refractivity contribution in [1.29, 1.82) is 0 Å². The first-order valence-corrected chi connectivity index (χ1v) is 11.8. The summed E-state index contributed by atoms with van der Waals surface area (Å²) < 4.78 is 5.47. The van der Waals surface area contributed by atoms with E-state index in [2.05, 4.69) is 15.6 Å². The summed E-state index contributed by atoms with van der Waals surface area (Å²) in [7, 11) is 0. The van der Waals surface area contributed by atoms with Crippen molar-refractivity contribution in [2.75, 3.05) is 5.32 Å². The summed E-state index contributed by atoms with van der Waals surface area (Å²) in [5.41, 5.74) is 2.07. The number of rotatable bonds is 5. The molecule has 1 fully saturated rings. The molecule has 0 aliphatic heterocycles. The van der Waals surface area contributed by atoms with Crippen molar-refractivity contribution < 1.29 is 24.5 Å². The van der Waals surface area contributed by atoms with Gasteiger partial charge in [0.25, 0.3) is 0 Å². The fraction of sp³-hybridized carbons (Fsp3) is 0.321. The Bertz CT molecular complexity index is 1260. The lowest BCUT2D eigenvalue weighted by Crippen LogP contribution is -2.62. The summed E-state index contributed by atoms with van der Waals surface area (Å²) in [6, 6.07) is 19.1. The quantitative estimate of drug-likeness (QED) is 0.361. The van der Waals surface area contributed by atoms with Crippen LogP contribution in [0.4, 0.5) is 15.4 Å². The Morgan fingerprint density at radius 2 is 1.58 bits per heavy atom. The SMILES string of the molecule is CC(C)(C)OC(=O)N[C@]1(c2ccc(-c3cnc(NC(=O)O)cc3-c3ccccc3)cc2)C[C@@](C)(O)C1. The van der Waals surface area contributed by atoms with Gasteiger partial charge in [-0.25, -0.2) is 14.6 Å². The van der Waals surface area contributed by atoms with E-state index in [4.69, 9.17) is 9.84 Å². The molecule has 1 aliphatic carbocycles. The van der Waals surface area contributed by atoms with Crippen molar-refractivity contribution >= 4 is 18.0 Å². The van der Waals surface area contributed by atoms with Gasteiger partial charge in [-0.15, -0.1) is 0 Å². The van der Waals surface area contributed by atoms with Crippen LogP contribution in [-0.4, -0.2) is 38.6 Å². The van der Waals surface area contributed by atoms with Crippen molar-refractivity contribution in [2.24, 2.45) is 0 Å². The van der Waals surface area contributed by atoms with E-state index in [0.717, 1.165) is 27.8 Å². The largest absolute Gasteiger partial charge is 0.465 e. The molecule has 36 heavy (non-hydrogen) atoms. The van der Waals surface area contributed by atoms with Gasteiger partial charge in [0.15, 0.2) is 0 Å². The molecular weight excluding hydrogens is 458 g/mol. The molecule has 0 saturated heterocycles. The van der Waals surface area contributed by atoms with Gasteiger partial charge < -0.3 is 20.3 Å². The van der Waals surface area contributed by atoms with Crippen LogP contribution in [0, 0.1) is 0 Å². The molecule has 4 N–H and O–H groups in total. The van der Waals surface area contributed by atoms with Crippen LogP contribution in [-0.2, 0) is 10.3 Å². The van der Waals surface area contributed by atoms with Crippen molar-refractivity contribution in [2.45, 2.75) is 57.3 Å². The number of carboxylic acid groups (broad SMARTS) is 1. The lowest BCUT2D eigenvalue weighted by atomic mass is 9.62. The first-order chi connectivity index (χ1) is 16.9. The second-order valence-corrected chi connectivity index (χ2v) is 10.5. The maximum absolute atomic E-state index is 12.6. The number of carbonyl (C=O) groups excluding carboxylic acids is 1. The summed E-state index contributed by atoms with van der Waals surface area (Å²) in [4.78, 5) is 28.0. The molecule has 1 heterocycles. The predicted molar refractivity (Wildman–Crippen MR) is 138 cm³/mol. The van der Waals surface area contributed by atoms with Crippen molar-refractivity contribution in [3.05, 3.63) is 72.4 Å². The third-order valence-corrected chi connectivity index (χ3v) is 6.08. The molecular formula is C28H31N3O5. The number of carbonyl (C=O) groups is 2. The monoisotopic (exact) mass is 489 g/mol. The number of pyridine rings is 1. The molecule has 0 radical (unpaired) electrons. The summed E-state index contributed by atoms with van der Waals surface area (Å²) in [5, 5.41) is 24.9. The van der Waals surface area contributed by atoms with Gasteiger partial charge >= 0.3 is 12.2 Å². The third kappa shape index (κ3) is 5.66. The second kappa shape index (κ2) is 9.28. The van der Waals surface area contributed by atoms with Gasteiger partial charge in [0.2, 0.25) is 0 Å². The van der Waals surface area contributed by atoms with E-state index < -0.39 is 28.9 Å². The molecule has 3 aromatic rings. The summed E-state index contributed by atoms with van der Waals surface area (Å²) in [6.07, 6.45) is 0.665. The third-order valence-electron chi connectivity index (χ3n) is 6.08.